The number of hydrogen-bond acceptors (Lipinski definition) is 4. The third-order valence-electron chi connectivity index (χ3n) is 5.15. The molecule has 0 spiro atoms. The summed E-state index contributed by atoms with van der Waals surface area (Å²) in [6.45, 7) is 5.64. The highest BCUT2D eigenvalue weighted by atomic mass is 16.2. The molecule has 2 aromatic heterocycles. The van der Waals surface area contributed by atoms with E-state index in [4.69, 9.17) is 0 Å². The van der Waals surface area contributed by atoms with Crippen LogP contribution in [0.25, 0.3) is 0 Å². The Hall–Kier alpha value is -2.27. The number of hydrogen-bond donors (Lipinski definition) is 0. The first-order valence-electron chi connectivity index (χ1n) is 9.04. The normalized spacial score (nSPS) is 17.6. The van der Waals surface area contributed by atoms with Crippen LogP contribution in [0.3, 0.4) is 0 Å². The number of likely N-dealkylation sites (tertiary alicyclic amines) is 1. The fraction of sp³-hybridized carbons (Fsp3) is 0.450. The summed E-state index contributed by atoms with van der Waals surface area (Å²) in [5.74, 6) is 0.937. The minimum absolute atomic E-state index is 0.0963. The van der Waals surface area contributed by atoms with E-state index in [-0.39, 0.29) is 5.91 Å². The minimum Gasteiger partial charge on any atom is -0.335 e. The topological polar surface area (TPSA) is 49.3 Å². The fourth-order valence-electron chi connectivity index (χ4n) is 3.33. The van der Waals surface area contributed by atoms with Gasteiger partial charge in [0.25, 0.3) is 5.91 Å². The van der Waals surface area contributed by atoms with Crippen LogP contribution in [0.1, 0.15) is 34.5 Å². The van der Waals surface area contributed by atoms with Crippen molar-refractivity contribution in [1.29, 1.82) is 0 Å². The molecular weight excluding hydrogens is 312 g/mol. The predicted molar refractivity (Wildman–Crippen MR) is 96.0 cm³/mol. The van der Waals surface area contributed by atoms with Crippen LogP contribution in [-0.4, -0.2) is 51.4 Å². The van der Waals surface area contributed by atoms with Gasteiger partial charge < -0.3 is 4.90 Å². The third-order valence-corrected chi connectivity index (χ3v) is 5.15. The molecular formula is C20H24N4O. The maximum atomic E-state index is 12.6. The largest absolute Gasteiger partial charge is 0.335 e. The monoisotopic (exact) mass is 336 g/mol. The number of amides is 1. The van der Waals surface area contributed by atoms with Gasteiger partial charge in [-0.05, 0) is 55.5 Å². The standard InChI is InChI=1S/C20H24N4O/c1-15-2-5-18(10-22-15)20(25)24-13-19(14-24)23(11-16-3-4-16)12-17-6-8-21-9-7-17/h2,5-10,16,19H,3-4,11-14H2,1H3. The molecule has 0 bridgehead atoms. The Morgan fingerprint density at radius 3 is 2.60 bits per heavy atom. The lowest BCUT2D eigenvalue weighted by atomic mass is 10.0. The number of carbonyl (C=O) groups is 1. The molecule has 4 rings (SSSR count). The molecule has 1 aliphatic carbocycles. The van der Waals surface area contributed by atoms with E-state index in [0.29, 0.717) is 11.6 Å². The van der Waals surface area contributed by atoms with Crippen molar-refractivity contribution < 1.29 is 4.79 Å². The Labute approximate surface area is 148 Å². The zero-order valence-corrected chi connectivity index (χ0v) is 14.6. The minimum atomic E-state index is 0.0963. The molecule has 0 atom stereocenters. The molecule has 1 saturated heterocycles. The van der Waals surface area contributed by atoms with Gasteiger partial charge in [-0.15, -0.1) is 0 Å². The van der Waals surface area contributed by atoms with Gasteiger partial charge in [0.15, 0.2) is 0 Å². The van der Waals surface area contributed by atoms with Gasteiger partial charge in [-0.25, -0.2) is 0 Å². The lowest BCUT2D eigenvalue weighted by Crippen LogP contribution is -2.61. The molecule has 0 radical (unpaired) electrons. The highest BCUT2D eigenvalue weighted by Gasteiger charge is 2.37. The number of pyridine rings is 2. The van der Waals surface area contributed by atoms with Crippen molar-refractivity contribution in [2.24, 2.45) is 5.92 Å². The summed E-state index contributed by atoms with van der Waals surface area (Å²) in [7, 11) is 0. The van der Waals surface area contributed by atoms with Gasteiger partial charge in [0, 0.05) is 56.5 Å². The van der Waals surface area contributed by atoms with Crippen LogP contribution in [0.5, 0.6) is 0 Å². The number of aryl methyl sites for hydroxylation is 1. The second-order valence-electron chi connectivity index (χ2n) is 7.28. The van der Waals surface area contributed by atoms with E-state index >= 15 is 0 Å². The van der Waals surface area contributed by atoms with Crippen LogP contribution in [-0.2, 0) is 6.54 Å². The SMILES string of the molecule is Cc1ccc(C(=O)N2CC(N(Cc3ccncc3)CC3CC3)C2)cn1. The Morgan fingerprint density at radius 1 is 1.20 bits per heavy atom. The van der Waals surface area contributed by atoms with Crippen molar-refractivity contribution in [3.05, 3.63) is 59.7 Å². The summed E-state index contributed by atoms with van der Waals surface area (Å²) in [5, 5.41) is 0. The van der Waals surface area contributed by atoms with E-state index in [9.17, 15) is 4.79 Å². The van der Waals surface area contributed by atoms with E-state index < -0.39 is 0 Å². The predicted octanol–water partition coefficient (Wildman–Crippen LogP) is 2.52. The fourth-order valence-corrected chi connectivity index (χ4v) is 3.33. The van der Waals surface area contributed by atoms with E-state index in [0.717, 1.165) is 37.8 Å². The first kappa shape index (κ1) is 16.2. The first-order chi connectivity index (χ1) is 12.2. The third kappa shape index (κ3) is 3.87. The second-order valence-corrected chi connectivity index (χ2v) is 7.28. The average molecular weight is 336 g/mol. The molecule has 1 amide bonds. The molecule has 1 aliphatic heterocycles. The highest BCUT2D eigenvalue weighted by Crippen LogP contribution is 2.32. The van der Waals surface area contributed by atoms with Crippen LogP contribution in [0.4, 0.5) is 0 Å². The quantitative estimate of drug-likeness (QED) is 0.813. The van der Waals surface area contributed by atoms with Crippen molar-refractivity contribution >= 4 is 5.91 Å². The summed E-state index contributed by atoms with van der Waals surface area (Å²) in [4.78, 5) is 25.4. The highest BCUT2D eigenvalue weighted by molar-refractivity contribution is 5.94. The van der Waals surface area contributed by atoms with Crippen LogP contribution in [0.2, 0.25) is 0 Å². The zero-order chi connectivity index (χ0) is 17.2. The van der Waals surface area contributed by atoms with Crippen LogP contribution in [0, 0.1) is 12.8 Å². The maximum absolute atomic E-state index is 12.6. The van der Waals surface area contributed by atoms with Gasteiger partial charge in [-0.3, -0.25) is 19.7 Å². The van der Waals surface area contributed by atoms with Crippen molar-refractivity contribution in [3.8, 4) is 0 Å². The Bertz CT molecular complexity index is 721. The number of rotatable bonds is 6. The van der Waals surface area contributed by atoms with Gasteiger partial charge in [0.2, 0.25) is 0 Å². The van der Waals surface area contributed by atoms with E-state index in [1.165, 1.54) is 18.4 Å². The number of aromatic nitrogens is 2. The van der Waals surface area contributed by atoms with E-state index in [1.807, 2.05) is 36.4 Å². The van der Waals surface area contributed by atoms with Gasteiger partial charge in [0.05, 0.1) is 5.56 Å². The molecule has 0 unspecified atom stereocenters. The van der Waals surface area contributed by atoms with Crippen LogP contribution < -0.4 is 0 Å². The van der Waals surface area contributed by atoms with Crippen LogP contribution in [0.15, 0.2) is 42.9 Å². The van der Waals surface area contributed by atoms with Crippen molar-refractivity contribution in [3.63, 3.8) is 0 Å². The van der Waals surface area contributed by atoms with Gasteiger partial charge in [-0.2, -0.15) is 0 Å². The van der Waals surface area contributed by atoms with Crippen molar-refractivity contribution in [1.82, 2.24) is 19.8 Å². The second kappa shape index (κ2) is 6.92. The molecule has 2 fully saturated rings. The molecule has 25 heavy (non-hydrogen) atoms. The molecule has 5 heteroatoms. The lowest BCUT2D eigenvalue weighted by Gasteiger charge is -2.45. The summed E-state index contributed by atoms with van der Waals surface area (Å²) >= 11 is 0. The van der Waals surface area contributed by atoms with E-state index in [1.54, 1.807) is 6.20 Å². The Balaban J connectivity index is 1.37. The summed E-state index contributed by atoms with van der Waals surface area (Å²) in [5.41, 5.74) is 2.92. The molecule has 1 saturated carbocycles. The Kier molecular flexibility index (Phi) is 4.49. The first-order valence-corrected chi connectivity index (χ1v) is 9.04. The Morgan fingerprint density at radius 2 is 1.96 bits per heavy atom. The average Bonchev–Trinajstić information content (AvgIpc) is 3.39. The summed E-state index contributed by atoms with van der Waals surface area (Å²) in [6, 6.07) is 8.39. The lowest BCUT2D eigenvalue weighted by molar-refractivity contribution is 0.0219. The van der Waals surface area contributed by atoms with Gasteiger partial charge >= 0.3 is 0 Å². The number of carbonyl (C=O) groups excluding carboxylic acids is 1. The van der Waals surface area contributed by atoms with Gasteiger partial charge in [-0.1, -0.05) is 0 Å². The number of nitrogens with zero attached hydrogens (tertiary/aromatic N) is 4. The molecule has 130 valence electrons. The van der Waals surface area contributed by atoms with Crippen molar-refractivity contribution in [2.45, 2.75) is 32.4 Å². The van der Waals surface area contributed by atoms with Crippen molar-refractivity contribution in [2.75, 3.05) is 19.6 Å². The molecule has 2 aliphatic rings. The molecule has 2 aromatic rings. The zero-order valence-electron chi connectivity index (χ0n) is 14.6. The molecule has 0 N–H and O–H groups in total. The van der Waals surface area contributed by atoms with Gasteiger partial charge in [0.1, 0.15) is 0 Å². The molecule has 5 nitrogen and oxygen atoms in total. The smallest absolute Gasteiger partial charge is 0.255 e. The maximum Gasteiger partial charge on any atom is 0.255 e. The summed E-state index contributed by atoms with van der Waals surface area (Å²) < 4.78 is 0. The summed E-state index contributed by atoms with van der Waals surface area (Å²) in [6.07, 6.45) is 8.08. The van der Waals surface area contributed by atoms with Crippen LogP contribution >= 0.6 is 0 Å². The van der Waals surface area contributed by atoms with E-state index in [2.05, 4.69) is 27.0 Å². The molecule has 3 heterocycles. The molecule has 0 aromatic carbocycles.